The van der Waals surface area contributed by atoms with Gasteiger partial charge in [0.2, 0.25) is 5.91 Å². The second kappa shape index (κ2) is 6.24. The van der Waals surface area contributed by atoms with Crippen LogP contribution in [0.25, 0.3) is 0 Å². The van der Waals surface area contributed by atoms with E-state index in [2.05, 4.69) is 30.1 Å². The van der Waals surface area contributed by atoms with Crippen LogP contribution in [0.3, 0.4) is 0 Å². The number of amides is 1. The zero-order valence-corrected chi connectivity index (χ0v) is 13.7. The maximum atomic E-state index is 11.5. The molecular weight excluding hydrogens is 286 g/mol. The van der Waals surface area contributed by atoms with E-state index >= 15 is 0 Å². The Bertz CT molecular complexity index is 532. The molecule has 1 aromatic rings. The number of halogens is 1. The van der Waals surface area contributed by atoms with E-state index in [0.29, 0.717) is 12.6 Å². The van der Waals surface area contributed by atoms with Crippen LogP contribution in [0.15, 0.2) is 18.2 Å². The van der Waals surface area contributed by atoms with Crippen molar-refractivity contribution in [3.63, 3.8) is 0 Å². The maximum absolute atomic E-state index is 11.5. The molecule has 1 saturated heterocycles. The van der Waals surface area contributed by atoms with Crippen molar-refractivity contribution in [3.8, 4) is 0 Å². The molecule has 5 heteroatoms. The lowest BCUT2D eigenvalue weighted by molar-refractivity contribution is -0.125. The lowest BCUT2D eigenvalue weighted by Crippen LogP contribution is -2.37. The van der Waals surface area contributed by atoms with Crippen LogP contribution in [-0.2, 0) is 11.3 Å². The molecule has 1 heterocycles. The van der Waals surface area contributed by atoms with Crippen molar-refractivity contribution in [1.82, 2.24) is 5.32 Å². The van der Waals surface area contributed by atoms with Crippen LogP contribution < -0.4 is 16.0 Å². The molecule has 0 aliphatic carbocycles. The lowest BCUT2D eigenvalue weighted by atomic mass is 9.89. The van der Waals surface area contributed by atoms with Gasteiger partial charge in [-0.15, -0.1) is 0 Å². The Balaban J connectivity index is 2.10. The van der Waals surface area contributed by atoms with Crippen LogP contribution >= 0.6 is 11.6 Å². The number of primary amides is 1. The van der Waals surface area contributed by atoms with Crippen LogP contribution in [0.4, 0.5) is 5.69 Å². The van der Waals surface area contributed by atoms with E-state index < -0.39 is 5.41 Å². The molecule has 0 aromatic heterocycles. The minimum Gasteiger partial charge on any atom is -0.369 e. The standard InChI is InChI=1S/C16H24ClN3O/c1-11(2)19-9-12-4-5-14(13(17)8-12)20-7-6-16(3,10-20)15(18)21/h4-5,8,11,19H,6-7,9-10H2,1-3H3,(H2,18,21). The quantitative estimate of drug-likeness (QED) is 0.879. The Morgan fingerprint density at radius 1 is 1.52 bits per heavy atom. The molecule has 1 fully saturated rings. The summed E-state index contributed by atoms with van der Waals surface area (Å²) in [7, 11) is 0. The molecule has 0 saturated carbocycles. The maximum Gasteiger partial charge on any atom is 0.225 e. The second-order valence-electron chi connectivity index (χ2n) is 6.42. The van der Waals surface area contributed by atoms with Gasteiger partial charge in [0.25, 0.3) is 0 Å². The molecule has 1 aliphatic rings. The van der Waals surface area contributed by atoms with Gasteiger partial charge in [0.15, 0.2) is 0 Å². The van der Waals surface area contributed by atoms with Crippen molar-refractivity contribution >= 4 is 23.2 Å². The first-order valence-corrected chi connectivity index (χ1v) is 7.76. The van der Waals surface area contributed by atoms with Gasteiger partial charge in [0.1, 0.15) is 0 Å². The van der Waals surface area contributed by atoms with E-state index in [1.54, 1.807) is 0 Å². The average molecular weight is 310 g/mol. The van der Waals surface area contributed by atoms with Crippen molar-refractivity contribution in [2.24, 2.45) is 11.1 Å². The second-order valence-corrected chi connectivity index (χ2v) is 6.83. The van der Waals surface area contributed by atoms with Gasteiger partial charge in [0, 0.05) is 25.7 Å². The van der Waals surface area contributed by atoms with Gasteiger partial charge >= 0.3 is 0 Å². The molecule has 0 spiro atoms. The molecule has 1 aromatic carbocycles. The average Bonchev–Trinajstić information content (AvgIpc) is 2.80. The van der Waals surface area contributed by atoms with Crippen LogP contribution in [0.2, 0.25) is 5.02 Å². The molecule has 116 valence electrons. The fraction of sp³-hybridized carbons (Fsp3) is 0.562. The van der Waals surface area contributed by atoms with Gasteiger partial charge in [-0.25, -0.2) is 0 Å². The van der Waals surface area contributed by atoms with Gasteiger partial charge in [-0.1, -0.05) is 31.5 Å². The Morgan fingerprint density at radius 3 is 2.76 bits per heavy atom. The van der Waals surface area contributed by atoms with E-state index in [9.17, 15) is 4.79 Å². The molecule has 3 N–H and O–H groups in total. The minimum atomic E-state index is -0.457. The van der Waals surface area contributed by atoms with E-state index in [1.165, 1.54) is 0 Å². The van der Waals surface area contributed by atoms with Gasteiger partial charge < -0.3 is 16.0 Å². The molecule has 4 nitrogen and oxygen atoms in total. The molecule has 1 atom stereocenters. The molecule has 0 bridgehead atoms. The number of carbonyl (C=O) groups is 1. The summed E-state index contributed by atoms with van der Waals surface area (Å²) in [5.74, 6) is -0.237. The zero-order chi connectivity index (χ0) is 15.6. The zero-order valence-electron chi connectivity index (χ0n) is 12.9. The number of nitrogens with zero attached hydrogens (tertiary/aromatic N) is 1. The predicted molar refractivity (Wildman–Crippen MR) is 87.6 cm³/mol. The summed E-state index contributed by atoms with van der Waals surface area (Å²) >= 11 is 6.41. The monoisotopic (exact) mass is 309 g/mol. The van der Waals surface area contributed by atoms with E-state index in [0.717, 1.165) is 35.8 Å². The largest absolute Gasteiger partial charge is 0.369 e. The van der Waals surface area contributed by atoms with Crippen molar-refractivity contribution in [3.05, 3.63) is 28.8 Å². The van der Waals surface area contributed by atoms with Crippen LogP contribution in [0, 0.1) is 5.41 Å². The molecule has 21 heavy (non-hydrogen) atoms. The number of hydrogen-bond acceptors (Lipinski definition) is 3. The highest BCUT2D eigenvalue weighted by Crippen LogP contribution is 2.36. The summed E-state index contributed by atoms with van der Waals surface area (Å²) in [6.07, 6.45) is 0.773. The van der Waals surface area contributed by atoms with Gasteiger partial charge in [-0.05, 0) is 31.0 Å². The summed E-state index contributed by atoms with van der Waals surface area (Å²) in [4.78, 5) is 13.7. The van der Waals surface area contributed by atoms with Crippen LogP contribution in [0.1, 0.15) is 32.8 Å². The Labute approximate surface area is 131 Å². The highest BCUT2D eigenvalue weighted by Gasteiger charge is 2.39. The Hall–Kier alpha value is -1.26. The van der Waals surface area contributed by atoms with Gasteiger partial charge in [0.05, 0.1) is 16.1 Å². The third-order valence-corrected chi connectivity index (χ3v) is 4.44. The third-order valence-electron chi connectivity index (χ3n) is 4.14. The molecule has 0 radical (unpaired) electrons. The molecule has 2 rings (SSSR count). The van der Waals surface area contributed by atoms with E-state index in [-0.39, 0.29) is 5.91 Å². The number of rotatable bonds is 5. The fourth-order valence-corrected chi connectivity index (χ4v) is 2.93. The summed E-state index contributed by atoms with van der Waals surface area (Å²) in [6, 6.07) is 6.55. The van der Waals surface area contributed by atoms with E-state index in [4.69, 9.17) is 17.3 Å². The summed E-state index contributed by atoms with van der Waals surface area (Å²) in [5, 5.41) is 4.10. The topological polar surface area (TPSA) is 58.4 Å². The predicted octanol–water partition coefficient (Wildman–Crippen LogP) is 2.54. The van der Waals surface area contributed by atoms with Crippen LogP contribution in [-0.4, -0.2) is 25.0 Å². The van der Waals surface area contributed by atoms with Gasteiger partial charge in [-0.2, -0.15) is 0 Å². The smallest absolute Gasteiger partial charge is 0.225 e. The van der Waals surface area contributed by atoms with E-state index in [1.807, 2.05) is 19.1 Å². The number of benzene rings is 1. The van der Waals surface area contributed by atoms with Crippen molar-refractivity contribution in [2.45, 2.75) is 39.8 Å². The summed E-state index contributed by atoms with van der Waals surface area (Å²) in [5.41, 5.74) is 7.18. The Kier molecular flexibility index (Phi) is 4.79. The molecule has 1 aliphatic heterocycles. The SMILES string of the molecule is CC(C)NCc1ccc(N2CCC(C)(C(N)=O)C2)c(Cl)c1. The first kappa shape index (κ1) is 16.1. The normalized spacial score (nSPS) is 22.0. The Morgan fingerprint density at radius 2 is 2.24 bits per heavy atom. The lowest BCUT2D eigenvalue weighted by Gasteiger charge is -2.23. The number of carbonyl (C=O) groups excluding carboxylic acids is 1. The first-order valence-electron chi connectivity index (χ1n) is 7.38. The molecule has 1 amide bonds. The molecular formula is C16H24ClN3O. The van der Waals surface area contributed by atoms with Crippen molar-refractivity contribution < 1.29 is 4.79 Å². The molecule has 1 unspecified atom stereocenters. The van der Waals surface area contributed by atoms with Crippen molar-refractivity contribution in [1.29, 1.82) is 0 Å². The first-order chi connectivity index (χ1) is 9.82. The minimum absolute atomic E-state index is 0.237. The van der Waals surface area contributed by atoms with Gasteiger partial charge in [-0.3, -0.25) is 4.79 Å². The highest BCUT2D eigenvalue weighted by atomic mass is 35.5. The number of hydrogen-bond donors (Lipinski definition) is 2. The highest BCUT2D eigenvalue weighted by molar-refractivity contribution is 6.33. The number of nitrogens with one attached hydrogen (secondary N) is 1. The van der Waals surface area contributed by atoms with Crippen LogP contribution in [0.5, 0.6) is 0 Å². The summed E-state index contributed by atoms with van der Waals surface area (Å²) in [6.45, 7) is 8.39. The number of anilines is 1. The van der Waals surface area contributed by atoms with Crippen molar-refractivity contribution in [2.75, 3.05) is 18.0 Å². The summed E-state index contributed by atoms with van der Waals surface area (Å²) < 4.78 is 0. The third kappa shape index (κ3) is 3.69. The fourth-order valence-electron chi connectivity index (χ4n) is 2.61. The number of nitrogens with two attached hydrogens (primary N) is 1.